The van der Waals surface area contributed by atoms with Crippen molar-refractivity contribution in [3.63, 3.8) is 0 Å². The molecule has 0 radical (unpaired) electrons. The Morgan fingerprint density at radius 2 is 1.88 bits per heavy atom. The number of aryl methyl sites for hydroxylation is 2. The molecule has 0 fully saturated rings. The van der Waals surface area contributed by atoms with Crippen molar-refractivity contribution in [1.29, 1.82) is 0 Å². The summed E-state index contributed by atoms with van der Waals surface area (Å²) in [6.45, 7) is 4.01. The van der Waals surface area contributed by atoms with Gasteiger partial charge in [-0.25, -0.2) is 4.98 Å². The fourth-order valence-corrected chi connectivity index (χ4v) is 3.19. The number of benzene rings is 2. The molecule has 122 valence electrons. The fourth-order valence-electron chi connectivity index (χ4n) is 2.38. The highest BCUT2D eigenvalue weighted by Gasteiger charge is 2.13. The van der Waals surface area contributed by atoms with Crippen LogP contribution in [-0.4, -0.2) is 18.0 Å². The largest absolute Gasteiger partial charge is 0.497 e. The Balaban J connectivity index is 1.77. The van der Waals surface area contributed by atoms with Gasteiger partial charge in [-0.05, 0) is 49.7 Å². The Hall–Kier alpha value is -2.66. The number of rotatable bonds is 4. The Kier molecular flexibility index (Phi) is 4.62. The molecule has 1 amide bonds. The number of hydrogen-bond donors (Lipinski definition) is 1. The van der Waals surface area contributed by atoms with Gasteiger partial charge in [-0.2, -0.15) is 0 Å². The molecule has 24 heavy (non-hydrogen) atoms. The molecule has 0 aliphatic heterocycles. The lowest BCUT2D eigenvalue weighted by atomic mass is 10.1. The Morgan fingerprint density at radius 3 is 2.54 bits per heavy atom. The number of aromatic nitrogens is 1. The van der Waals surface area contributed by atoms with Crippen LogP contribution in [0, 0.1) is 13.8 Å². The fraction of sp³-hybridized carbons (Fsp3) is 0.158. The number of carbonyl (C=O) groups is 1. The topological polar surface area (TPSA) is 51.2 Å². The molecule has 5 heteroatoms. The summed E-state index contributed by atoms with van der Waals surface area (Å²) in [5.41, 5.74) is 4.40. The van der Waals surface area contributed by atoms with E-state index in [0.29, 0.717) is 5.69 Å². The minimum Gasteiger partial charge on any atom is -0.497 e. The molecule has 0 saturated carbocycles. The first-order valence-corrected chi connectivity index (χ1v) is 8.43. The molecule has 0 spiro atoms. The summed E-state index contributed by atoms with van der Waals surface area (Å²) in [6, 6.07) is 13.6. The van der Waals surface area contributed by atoms with Crippen LogP contribution in [0.15, 0.2) is 47.8 Å². The number of anilines is 1. The third-order valence-corrected chi connectivity index (χ3v) is 4.60. The van der Waals surface area contributed by atoms with Crippen molar-refractivity contribution in [2.45, 2.75) is 13.8 Å². The number of nitrogens with zero attached hydrogens (tertiary/aromatic N) is 1. The van der Waals surface area contributed by atoms with Gasteiger partial charge in [0.1, 0.15) is 16.5 Å². The maximum Gasteiger partial charge on any atom is 0.275 e. The smallest absolute Gasteiger partial charge is 0.275 e. The van der Waals surface area contributed by atoms with E-state index in [1.807, 2.05) is 56.3 Å². The first kappa shape index (κ1) is 16.2. The zero-order valence-corrected chi connectivity index (χ0v) is 14.6. The number of hydrogen-bond acceptors (Lipinski definition) is 4. The van der Waals surface area contributed by atoms with Gasteiger partial charge in [-0.1, -0.05) is 17.7 Å². The van der Waals surface area contributed by atoms with E-state index in [1.165, 1.54) is 16.9 Å². The highest BCUT2D eigenvalue weighted by atomic mass is 32.1. The molecule has 0 atom stereocenters. The van der Waals surface area contributed by atoms with Crippen molar-refractivity contribution in [3.8, 4) is 16.3 Å². The monoisotopic (exact) mass is 338 g/mol. The minimum atomic E-state index is -0.196. The molecule has 0 aliphatic carbocycles. The second-order valence-electron chi connectivity index (χ2n) is 5.54. The van der Waals surface area contributed by atoms with Gasteiger partial charge in [0.15, 0.2) is 0 Å². The van der Waals surface area contributed by atoms with E-state index in [0.717, 1.165) is 27.6 Å². The van der Waals surface area contributed by atoms with Crippen LogP contribution in [-0.2, 0) is 0 Å². The molecule has 3 aromatic rings. The molecular weight excluding hydrogens is 320 g/mol. The lowest BCUT2D eigenvalue weighted by molar-refractivity contribution is 0.102. The van der Waals surface area contributed by atoms with Crippen molar-refractivity contribution in [2.24, 2.45) is 0 Å². The summed E-state index contributed by atoms with van der Waals surface area (Å²) >= 11 is 1.45. The van der Waals surface area contributed by atoms with E-state index >= 15 is 0 Å². The molecular formula is C19H18N2O2S. The zero-order valence-electron chi connectivity index (χ0n) is 13.8. The van der Waals surface area contributed by atoms with Gasteiger partial charge in [0, 0.05) is 16.6 Å². The highest BCUT2D eigenvalue weighted by molar-refractivity contribution is 7.13. The van der Waals surface area contributed by atoms with Crippen molar-refractivity contribution >= 4 is 22.9 Å². The average molecular weight is 338 g/mol. The third kappa shape index (κ3) is 3.46. The maximum absolute atomic E-state index is 12.4. The van der Waals surface area contributed by atoms with E-state index in [1.54, 1.807) is 12.5 Å². The van der Waals surface area contributed by atoms with Crippen LogP contribution in [0.2, 0.25) is 0 Å². The summed E-state index contributed by atoms with van der Waals surface area (Å²) in [6.07, 6.45) is 0. The maximum atomic E-state index is 12.4. The van der Waals surface area contributed by atoms with Crippen LogP contribution in [0.3, 0.4) is 0 Å². The van der Waals surface area contributed by atoms with E-state index in [-0.39, 0.29) is 5.91 Å². The Bertz CT molecular complexity index is 869. The standard InChI is InChI=1S/C19H18N2O2S/c1-12-4-9-16(13(2)10-12)20-18(22)17-11-24-19(21-17)14-5-7-15(23-3)8-6-14/h4-11H,1-3H3,(H,20,22). The van der Waals surface area contributed by atoms with E-state index in [9.17, 15) is 4.79 Å². The van der Waals surface area contributed by atoms with Crippen LogP contribution in [0.25, 0.3) is 10.6 Å². The summed E-state index contributed by atoms with van der Waals surface area (Å²) in [5.74, 6) is 0.598. The van der Waals surface area contributed by atoms with Crippen LogP contribution >= 0.6 is 11.3 Å². The third-order valence-electron chi connectivity index (χ3n) is 3.70. The molecule has 4 nitrogen and oxygen atoms in total. The highest BCUT2D eigenvalue weighted by Crippen LogP contribution is 2.26. The van der Waals surface area contributed by atoms with Gasteiger partial charge in [-0.15, -0.1) is 11.3 Å². The number of nitrogens with one attached hydrogen (secondary N) is 1. The Morgan fingerprint density at radius 1 is 1.12 bits per heavy atom. The quantitative estimate of drug-likeness (QED) is 0.751. The van der Waals surface area contributed by atoms with Crippen molar-refractivity contribution in [3.05, 3.63) is 64.7 Å². The molecule has 0 unspecified atom stereocenters. The lowest BCUT2D eigenvalue weighted by Gasteiger charge is -2.07. The van der Waals surface area contributed by atoms with Gasteiger partial charge in [0.05, 0.1) is 7.11 Å². The van der Waals surface area contributed by atoms with Gasteiger partial charge in [-0.3, -0.25) is 4.79 Å². The molecule has 1 aromatic heterocycles. The van der Waals surface area contributed by atoms with Gasteiger partial charge in [0.2, 0.25) is 0 Å². The normalized spacial score (nSPS) is 10.5. The minimum absolute atomic E-state index is 0.196. The van der Waals surface area contributed by atoms with E-state index in [4.69, 9.17) is 4.74 Å². The lowest BCUT2D eigenvalue weighted by Crippen LogP contribution is -2.13. The molecule has 2 aromatic carbocycles. The SMILES string of the molecule is COc1ccc(-c2nc(C(=O)Nc3ccc(C)cc3C)cs2)cc1. The molecule has 0 bridgehead atoms. The molecule has 1 N–H and O–H groups in total. The summed E-state index contributed by atoms with van der Waals surface area (Å²) < 4.78 is 5.15. The summed E-state index contributed by atoms with van der Waals surface area (Å²) in [7, 11) is 1.63. The van der Waals surface area contributed by atoms with Crippen molar-refractivity contribution in [1.82, 2.24) is 4.98 Å². The number of methoxy groups -OCH3 is 1. The zero-order chi connectivity index (χ0) is 17.1. The number of carbonyl (C=O) groups excluding carboxylic acids is 1. The average Bonchev–Trinajstić information content (AvgIpc) is 3.07. The first-order valence-electron chi connectivity index (χ1n) is 7.55. The number of ether oxygens (including phenoxy) is 1. The van der Waals surface area contributed by atoms with E-state index in [2.05, 4.69) is 10.3 Å². The van der Waals surface area contributed by atoms with Crippen molar-refractivity contribution < 1.29 is 9.53 Å². The molecule has 0 saturated heterocycles. The summed E-state index contributed by atoms with van der Waals surface area (Å²) in [5, 5.41) is 5.51. The van der Waals surface area contributed by atoms with Gasteiger partial charge >= 0.3 is 0 Å². The van der Waals surface area contributed by atoms with Crippen LogP contribution in [0.4, 0.5) is 5.69 Å². The molecule has 3 rings (SSSR count). The molecule has 0 aliphatic rings. The predicted molar refractivity (Wildman–Crippen MR) is 98.0 cm³/mol. The second-order valence-corrected chi connectivity index (χ2v) is 6.40. The van der Waals surface area contributed by atoms with Gasteiger partial charge in [0.25, 0.3) is 5.91 Å². The van der Waals surface area contributed by atoms with Crippen LogP contribution in [0.1, 0.15) is 21.6 Å². The van der Waals surface area contributed by atoms with Gasteiger partial charge < -0.3 is 10.1 Å². The summed E-state index contributed by atoms with van der Waals surface area (Å²) in [4.78, 5) is 16.9. The van der Waals surface area contributed by atoms with Crippen molar-refractivity contribution in [2.75, 3.05) is 12.4 Å². The van der Waals surface area contributed by atoms with E-state index < -0.39 is 0 Å². The predicted octanol–water partition coefficient (Wildman–Crippen LogP) is 4.69. The van der Waals surface area contributed by atoms with Crippen LogP contribution < -0.4 is 10.1 Å². The van der Waals surface area contributed by atoms with Crippen LogP contribution in [0.5, 0.6) is 5.75 Å². The Labute approximate surface area is 145 Å². The number of thiazole rings is 1. The first-order chi connectivity index (χ1) is 11.6. The second kappa shape index (κ2) is 6.84. The molecule has 1 heterocycles. The number of amides is 1.